The second-order valence-corrected chi connectivity index (χ2v) is 5.00. The van der Waals surface area contributed by atoms with E-state index in [1.54, 1.807) is 19.1 Å². The number of phenols is 1. The number of cyclic esters (lactones) is 1. The van der Waals surface area contributed by atoms with E-state index >= 15 is 0 Å². The number of hydrogen-bond donors (Lipinski definition) is 1. The quantitative estimate of drug-likeness (QED) is 0.877. The monoisotopic (exact) mass is 314 g/mol. The molecule has 0 aliphatic carbocycles. The van der Waals surface area contributed by atoms with Crippen molar-refractivity contribution in [1.82, 2.24) is 0 Å². The number of fused-ring (bicyclic) bond motifs is 1. The summed E-state index contributed by atoms with van der Waals surface area (Å²) >= 11 is 0. The Morgan fingerprint density at radius 3 is 2.70 bits per heavy atom. The highest BCUT2D eigenvalue weighted by molar-refractivity contribution is 5.96. The number of phenolic OH excluding ortho intramolecular Hbond substituents is 1. The SMILES string of the molecule is CC=Cc1cc(=O)c([C@@H]2OC(=O)c3cc(O)cc(OC)c32)co1. The first-order chi connectivity index (χ1) is 11.0. The van der Waals surface area contributed by atoms with Gasteiger partial charge in [0, 0.05) is 12.1 Å². The van der Waals surface area contributed by atoms with Crippen LogP contribution >= 0.6 is 0 Å². The van der Waals surface area contributed by atoms with Gasteiger partial charge in [0.05, 0.1) is 23.8 Å². The van der Waals surface area contributed by atoms with Crippen LogP contribution in [0.15, 0.2) is 39.7 Å². The molecular weight excluding hydrogens is 300 g/mol. The number of benzene rings is 1. The first-order valence-corrected chi connectivity index (χ1v) is 6.92. The summed E-state index contributed by atoms with van der Waals surface area (Å²) in [5.74, 6) is -0.0685. The van der Waals surface area contributed by atoms with E-state index in [-0.39, 0.29) is 28.1 Å². The van der Waals surface area contributed by atoms with Crippen molar-refractivity contribution in [2.45, 2.75) is 13.0 Å². The molecule has 0 amide bonds. The highest BCUT2D eigenvalue weighted by atomic mass is 16.6. The fourth-order valence-electron chi connectivity index (χ4n) is 2.55. The van der Waals surface area contributed by atoms with E-state index in [1.807, 2.05) is 0 Å². The summed E-state index contributed by atoms with van der Waals surface area (Å²) in [6, 6.07) is 3.98. The normalized spacial score (nSPS) is 16.4. The summed E-state index contributed by atoms with van der Waals surface area (Å²) in [6.45, 7) is 1.81. The first kappa shape index (κ1) is 14.9. The second-order valence-electron chi connectivity index (χ2n) is 5.00. The average molecular weight is 314 g/mol. The predicted octanol–water partition coefficient (Wildman–Crippen LogP) is 2.65. The van der Waals surface area contributed by atoms with E-state index in [1.165, 1.54) is 31.6 Å². The van der Waals surface area contributed by atoms with Crippen LogP contribution in [0.1, 0.15) is 40.3 Å². The van der Waals surface area contributed by atoms with E-state index in [4.69, 9.17) is 13.9 Å². The Labute approximate surface area is 131 Å². The average Bonchev–Trinajstić information content (AvgIpc) is 2.84. The Kier molecular flexibility index (Phi) is 3.65. The van der Waals surface area contributed by atoms with Gasteiger partial charge in [0.25, 0.3) is 0 Å². The summed E-state index contributed by atoms with van der Waals surface area (Å²) in [5, 5.41) is 9.66. The second kappa shape index (κ2) is 5.64. The molecule has 0 fully saturated rings. The number of methoxy groups -OCH3 is 1. The lowest BCUT2D eigenvalue weighted by Crippen LogP contribution is -2.14. The Morgan fingerprint density at radius 1 is 1.26 bits per heavy atom. The zero-order valence-electron chi connectivity index (χ0n) is 12.5. The Morgan fingerprint density at radius 2 is 2.04 bits per heavy atom. The number of carbonyl (C=O) groups excluding carboxylic acids is 1. The van der Waals surface area contributed by atoms with Gasteiger partial charge in [-0.1, -0.05) is 6.08 Å². The van der Waals surface area contributed by atoms with Crippen LogP contribution in [-0.2, 0) is 4.74 Å². The Bertz CT molecular complexity index is 862. The summed E-state index contributed by atoms with van der Waals surface area (Å²) in [4.78, 5) is 24.3. The van der Waals surface area contributed by atoms with E-state index in [9.17, 15) is 14.7 Å². The van der Waals surface area contributed by atoms with Crippen molar-refractivity contribution in [3.05, 3.63) is 63.2 Å². The maximum Gasteiger partial charge on any atom is 0.339 e. The molecule has 1 N–H and O–H groups in total. The highest BCUT2D eigenvalue weighted by Gasteiger charge is 2.37. The van der Waals surface area contributed by atoms with Crippen LogP contribution in [0.2, 0.25) is 0 Å². The summed E-state index contributed by atoms with van der Waals surface area (Å²) in [7, 11) is 1.41. The van der Waals surface area contributed by atoms with Gasteiger partial charge in [0.1, 0.15) is 23.5 Å². The Balaban J connectivity index is 2.15. The first-order valence-electron chi connectivity index (χ1n) is 6.92. The van der Waals surface area contributed by atoms with Crippen molar-refractivity contribution in [1.29, 1.82) is 0 Å². The van der Waals surface area contributed by atoms with Crippen molar-refractivity contribution in [3.8, 4) is 11.5 Å². The molecule has 1 aromatic carbocycles. The van der Waals surface area contributed by atoms with Crippen LogP contribution < -0.4 is 10.2 Å². The zero-order valence-corrected chi connectivity index (χ0v) is 12.5. The molecule has 1 aliphatic rings. The number of esters is 1. The summed E-state index contributed by atoms with van der Waals surface area (Å²) in [6.07, 6.45) is 3.74. The number of hydrogen-bond acceptors (Lipinski definition) is 6. The van der Waals surface area contributed by atoms with E-state index in [0.717, 1.165) is 0 Å². The number of aromatic hydroxyl groups is 1. The lowest BCUT2D eigenvalue weighted by molar-refractivity contribution is 0.0450. The van der Waals surface area contributed by atoms with Gasteiger partial charge in [-0.2, -0.15) is 0 Å². The number of allylic oxidation sites excluding steroid dienone is 1. The molecule has 0 radical (unpaired) electrons. The van der Waals surface area contributed by atoms with Gasteiger partial charge >= 0.3 is 5.97 Å². The molecule has 2 aromatic rings. The smallest absolute Gasteiger partial charge is 0.339 e. The molecule has 1 aliphatic heterocycles. The topological polar surface area (TPSA) is 86.0 Å². The number of ether oxygens (including phenoxy) is 2. The van der Waals surface area contributed by atoms with E-state index in [0.29, 0.717) is 11.3 Å². The van der Waals surface area contributed by atoms with Crippen molar-refractivity contribution in [3.63, 3.8) is 0 Å². The van der Waals surface area contributed by atoms with Gasteiger partial charge in [-0.25, -0.2) is 4.79 Å². The molecule has 3 rings (SSSR count). The van der Waals surface area contributed by atoms with Gasteiger partial charge in [0.2, 0.25) is 0 Å². The van der Waals surface area contributed by atoms with Crippen molar-refractivity contribution in [2.75, 3.05) is 7.11 Å². The largest absolute Gasteiger partial charge is 0.508 e. The maximum absolute atomic E-state index is 12.3. The molecule has 2 heterocycles. The van der Waals surface area contributed by atoms with Gasteiger partial charge in [0.15, 0.2) is 11.5 Å². The molecule has 0 saturated heterocycles. The van der Waals surface area contributed by atoms with Crippen LogP contribution in [0, 0.1) is 0 Å². The minimum absolute atomic E-state index is 0.117. The van der Waals surface area contributed by atoms with Crippen molar-refractivity contribution < 1.29 is 23.8 Å². The van der Waals surface area contributed by atoms with Crippen LogP contribution in [0.25, 0.3) is 6.08 Å². The van der Waals surface area contributed by atoms with Crippen LogP contribution in [-0.4, -0.2) is 18.2 Å². The highest BCUT2D eigenvalue weighted by Crippen LogP contribution is 2.42. The summed E-state index contributed by atoms with van der Waals surface area (Å²) < 4.78 is 15.9. The molecule has 0 bridgehead atoms. The number of rotatable bonds is 3. The molecular formula is C17H14O6. The molecule has 6 heteroatoms. The van der Waals surface area contributed by atoms with E-state index in [2.05, 4.69) is 0 Å². The molecule has 118 valence electrons. The number of carbonyl (C=O) groups is 1. The molecule has 0 saturated carbocycles. The van der Waals surface area contributed by atoms with Crippen LogP contribution in [0.4, 0.5) is 0 Å². The predicted molar refractivity (Wildman–Crippen MR) is 81.6 cm³/mol. The van der Waals surface area contributed by atoms with Gasteiger partial charge in [-0.3, -0.25) is 4.79 Å². The van der Waals surface area contributed by atoms with Crippen molar-refractivity contribution in [2.24, 2.45) is 0 Å². The van der Waals surface area contributed by atoms with Crippen molar-refractivity contribution >= 4 is 12.0 Å². The van der Waals surface area contributed by atoms with Crippen LogP contribution in [0.5, 0.6) is 11.5 Å². The van der Waals surface area contributed by atoms with Crippen LogP contribution in [0.3, 0.4) is 0 Å². The third-order valence-electron chi connectivity index (χ3n) is 3.55. The minimum Gasteiger partial charge on any atom is -0.508 e. The third-order valence-corrected chi connectivity index (χ3v) is 3.55. The van der Waals surface area contributed by atoms with Gasteiger partial charge in [-0.05, 0) is 19.1 Å². The molecule has 1 atom stereocenters. The molecule has 1 aromatic heterocycles. The Hall–Kier alpha value is -3.02. The fraction of sp³-hybridized carbons (Fsp3) is 0.176. The molecule has 0 unspecified atom stereocenters. The standard InChI is InChI=1S/C17H14O6/c1-3-4-10-7-13(19)12(8-22-10)16-15-11(17(20)23-16)5-9(18)6-14(15)21-2/h3-8,16,18H,1-2H3/t16-/m0/s1. The maximum atomic E-state index is 12.3. The van der Waals surface area contributed by atoms with E-state index < -0.39 is 12.1 Å². The summed E-state index contributed by atoms with van der Waals surface area (Å²) in [5.41, 5.74) is 0.449. The minimum atomic E-state index is -0.927. The fourth-order valence-corrected chi connectivity index (χ4v) is 2.55. The lowest BCUT2D eigenvalue weighted by atomic mass is 9.98. The molecule has 0 spiro atoms. The lowest BCUT2D eigenvalue weighted by Gasteiger charge is -2.13. The molecule has 23 heavy (non-hydrogen) atoms. The van der Waals surface area contributed by atoms with Gasteiger partial charge < -0.3 is 19.0 Å². The molecule has 6 nitrogen and oxygen atoms in total. The third kappa shape index (κ3) is 2.48. The zero-order chi connectivity index (χ0) is 16.6. The van der Waals surface area contributed by atoms with Gasteiger partial charge in [-0.15, -0.1) is 0 Å².